The number of aliphatic hydroxyl groups is 1. The Morgan fingerprint density at radius 3 is 2.32 bits per heavy atom. The van der Waals surface area contributed by atoms with E-state index in [1.54, 1.807) is 24.3 Å². The van der Waals surface area contributed by atoms with E-state index >= 15 is 0 Å². The number of halogens is 1. The Balaban J connectivity index is 0.00000324. The van der Waals surface area contributed by atoms with E-state index < -0.39 is 30.6 Å². The van der Waals surface area contributed by atoms with E-state index in [0.717, 1.165) is 5.56 Å². The molecule has 0 aromatic heterocycles. The van der Waals surface area contributed by atoms with Gasteiger partial charge >= 0.3 is 5.97 Å². The molecule has 1 aromatic carbocycles. The monoisotopic (exact) mass is 288 g/mol. The molecule has 0 aliphatic rings. The van der Waals surface area contributed by atoms with Crippen molar-refractivity contribution >= 4 is 24.3 Å². The maximum atomic E-state index is 11.4. The number of aliphatic hydroxyl groups excluding tert-OH is 1. The molecule has 1 aromatic rings. The van der Waals surface area contributed by atoms with E-state index in [2.05, 4.69) is 5.32 Å². The van der Waals surface area contributed by atoms with Crippen molar-refractivity contribution in [2.24, 2.45) is 5.73 Å². The van der Waals surface area contributed by atoms with Crippen LogP contribution < -0.4 is 11.1 Å². The lowest BCUT2D eigenvalue weighted by atomic mass is 10.1. The van der Waals surface area contributed by atoms with Crippen LogP contribution in [0.25, 0.3) is 0 Å². The van der Waals surface area contributed by atoms with Gasteiger partial charge in [-0.1, -0.05) is 30.3 Å². The molecule has 6 nitrogen and oxygen atoms in total. The summed E-state index contributed by atoms with van der Waals surface area (Å²) in [7, 11) is 0. The van der Waals surface area contributed by atoms with Crippen LogP contribution >= 0.6 is 12.4 Å². The molecule has 0 aliphatic carbocycles. The van der Waals surface area contributed by atoms with Gasteiger partial charge in [-0.2, -0.15) is 0 Å². The van der Waals surface area contributed by atoms with E-state index in [1.807, 2.05) is 6.07 Å². The van der Waals surface area contributed by atoms with Gasteiger partial charge in [0.1, 0.15) is 12.1 Å². The average molecular weight is 289 g/mol. The molecule has 5 N–H and O–H groups in total. The number of benzene rings is 1. The first-order valence-electron chi connectivity index (χ1n) is 5.48. The number of nitrogens with one attached hydrogen (secondary N) is 1. The number of hydrogen-bond acceptors (Lipinski definition) is 4. The minimum absolute atomic E-state index is 0. The molecule has 1 amide bonds. The Labute approximate surface area is 117 Å². The molecule has 0 unspecified atom stereocenters. The van der Waals surface area contributed by atoms with Crippen LogP contribution in [0.2, 0.25) is 0 Å². The molecule has 0 saturated heterocycles. The van der Waals surface area contributed by atoms with Crippen LogP contribution in [0, 0.1) is 0 Å². The van der Waals surface area contributed by atoms with Gasteiger partial charge < -0.3 is 21.3 Å². The third kappa shape index (κ3) is 5.69. The zero-order valence-corrected chi connectivity index (χ0v) is 11.0. The molecule has 0 heterocycles. The van der Waals surface area contributed by atoms with Gasteiger partial charge in [0.15, 0.2) is 0 Å². The number of amides is 1. The van der Waals surface area contributed by atoms with Crippen molar-refractivity contribution in [1.82, 2.24) is 5.32 Å². The van der Waals surface area contributed by atoms with E-state index in [1.165, 1.54) is 0 Å². The third-order valence-electron chi connectivity index (χ3n) is 2.43. The minimum atomic E-state index is -1.14. The molecular weight excluding hydrogens is 272 g/mol. The fraction of sp³-hybridized carbons (Fsp3) is 0.333. The molecule has 0 saturated carbocycles. The minimum Gasteiger partial charge on any atom is -0.480 e. The van der Waals surface area contributed by atoms with Gasteiger partial charge in [0.2, 0.25) is 5.91 Å². The van der Waals surface area contributed by atoms with E-state index in [0.29, 0.717) is 0 Å². The van der Waals surface area contributed by atoms with Gasteiger partial charge in [-0.05, 0) is 5.56 Å². The van der Waals surface area contributed by atoms with Crippen molar-refractivity contribution in [3.63, 3.8) is 0 Å². The van der Waals surface area contributed by atoms with Crippen molar-refractivity contribution in [3.05, 3.63) is 35.9 Å². The standard InChI is InChI=1S/C12H16N2O4.ClH/c13-9(7-15)11(16)14-10(12(17)18)6-8-4-2-1-3-5-8;/h1-5,9-10,15H,6-7,13H2,(H,14,16)(H,17,18);1H/t9-,10-;/m0./s1. The summed E-state index contributed by atoms with van der Waals surface area (Å²) >= 11 is 0. The number of carboxylic acid groups (broad SMARTS) is 1. The lowest BCUT2D eigenvalue weighted by molar-refractivity contribution is -0.142. The quantitative estimate of drug-likeness (QED) is 0.566. The highest BCUT2D eigenvalue weighted by Gasteiger charge is 2.23. The molecule has 0 aliphatic heterocycles. The van der Waals surface area contributed by atoms with Crippen LogP contribution in [0.5, 0.6) is 0 Å². The van der Waals surface area contributed by atoms with Gasteiger partial charge in [-0.25, -0.2) is 4.79 Å². The van der Waals surface area contributed by atoms with Gasteiger partial charge in [-0.3, -0.25) is 4.79 Å². The van der Waals surface area contributed by atoms with Crippen LogP contribution in [0.4, 0.5) is 0 Å². The van der Waals surface area contributed by atoms with E-state index in [-0.39, 0.29) is 18.8 Å². The second kappa shape index (κ2) is 8.47. The smallest absolute Gasteiger partial charge is 0.326 e. The van der Waals surface area contributed by atoms with Crippen LogP contribution in [-0.4, -0.2) is 40.8 Å². The van der Waals surface area contributed by atoms with E-state index in [9.17, 15) is 9.59 Å². The van der Waals surface area contributed by atoms with Gasteiger partial charge in [0.25, 0.3) is 0 Å². The van der Waals surface area contributed by atoms with Crippen molar-refractivity contribution in [1.29, 1.82) is 0 Å². The fourth-order valence-corrected chi connectivity index (χ4v) is 1.41. The summed E-state index contributed by atoms with van der Waals surface area (Å²) in [4.78, 5) is 22.5. The first kappa shape index (κ1) is 17.4. The zero-order chi connectivity index (χ0) is 13.5. The van der Waals surface area contributed by atoms with Crippen LogP contribution in [0.1, 0.15) is 5.56 Å². The maximum absolute atomic E-state index is 11.4. The van der Waals surface area contributed by atoms with Crippen molar-refractivity contribution in [2.75, 3.05) is 6.61 Å². The lowest BCUT2D eigenvalue weighted by Gasteiger charge is -2.16. The summed E-state index contributed by atoms with van der Waals surface area (Å²) in [5.41, 5.74) is 6.10. The third-order valence-corrected chi connectivity index (χ3v) is 2.43. The summed E-state index contributed by atoms with van der Waals surface area (Å²) in [5.74, 6) is -1.82. The number of carbonyl (C=O) groups is 2. The summed E-state index contributed by atoms with van der Waals surface area (Å²) < 4.78 is 0. The second-order valence-electron chi connectivity index (χ2n) is 3.88. The lowest BCUT2D eigenvalue weighted by Crippen LogP contribution is -2.50. The molecule has 2 atom stereocenters. The predicted molar refractivity (Wildman–Crippen MR) is 72.0 cm³/mol. The van der Waals surface area contributed by atoms with Crippen LogP contribution in [0.3, 0.4) is 0 Å². The number of carboxylic acids is 1. The molecular formula is C12H17ClN2O4. The summed E-state index contributed by atoms with van der Waals surface area (Å²) in [6.07, 6.45) is 0.167. The molecule has 0 radical (unpaired) electrons. The number of aliphatic carboxylic acids is 1. The van der Waals surface area contributed by atoms with Gasteiger partial charge in [-0.15, -0.1) is 12.4 Å². The highest BCUT2D eigenvalue weighted by atomic mass is 35.5. The average Bonchev–Trinajstić information content (AvgIpc) is 2.37. The molecule has 0 fully saturated rings. The first-order valence-corrected chi connectivity index (χ1v) is 5.48. The van der Waals surface area contributed by atoms with Crippen molar-refractivity contribution < 1.29 is 19.8 Å². The normalized spacial score (nSPS) is 12.9. The predicted octanol–water partition coefficient (Wildman–Crippen LogP) is -0.460. The largest absolute Gasteiger partial charge is 0.480 e. The fourth-order valence-electron chi connectivity index (χ4n) is 1.41. The highest BCUT2D eigenvalue weighted by Crippen LogP contribution is 2.03. The zero-order valence-electron chi connectivity index (χ0n) is 10.2. The topological polar surface area (TPSA) is 113 Å². The Morgan fingerprint density at radius 1 is 1.26 bits per heavy atom. The summed E-state index contributed by atoms with van der Waals surface area (Å²) in [6, 6.07) is 6.77. The SMILES string of the molecule is Cl.N[C@@H](CO)C(=O)N[C@@H](Cc1ccccc1)C(=O)O. The van der Waals surface area contributed by atoms with Crippen LogP contribution in [-0.2, 0) is 16.0 Å². The summed E-state index contributed by atoms with van der Waals surface area (Å²) in [5, 5.41) is 20.0. The van der Waals surface area contributed by atoms with Crippen molar-refractivity contribution in [2.45, 2.75) is 18.5 Å². The van der Waals surface area contributed by atoms with E-state index in [4.69, 9.17) is 15.9 Å². The molecule has 19 heavy (non-hydrogen) atoms. The summed E-state index contributed by atoms with van der Waals surface area (Å²) in [6.45, 7) is -0.524. The Kier molecular flexibility index (Phi) is 7.74. The van der Waals surface area contributed by atoms with Crippen LogP contribution in [0.15, 0.2) is 30.3 Å². The number of hydrogen-bond donors (Lipinski definition) is 4. The molecule has 0 spiro atoms. The van der Waals surface area contributed by atoms with Gasteiger partial charge in [0.05, 0.1) is 6.61 Å². The molecule has 106 valence electrons. The Morgan fingerprint density at radius 2 is 1.84 bits per heavy atom. The first-order chi connectivity index (χ1) is 8.54. The molecule has 1 rings (SSSR count). The van der Waals surface area contributed by atoms with Crippen molar-refractivity contribution in [3.8, 4) is 0 Å². The number of carbonyl (C=O) groups excluding carboxylic acids is 1. The Hall–Kier alpha value is -1.63. The highest BCUT2D eigenvalue weighted by molar-refractivity contribution is 5.87. The van der Waals surface area contributed by atoms with Gasteiger partial charge in [0, 0.05) is 6.42 Å². The second-order valence-corrected chi connectivity index (χ2v) is 3.88. The number of rotatable bonds is 6. The Bertz CT molecular complexity index is 413. The molecule has 7 heteroatoms. The maximum Gasteiger partial charge on any atom is 0.326 e. The molecule has 0 bridgehead atoms. The number of nitrogens with two attached hydrogens (primary N) is 1.